The summed E-state index contributed by atoms with van der Waals surface area (Å²) in [6.07, 6.45) is 3.94. The van der Waals surface area contributed by atoms with Crippen LogP contribution in [0.3, 0.4) is 0 Å². The Morgan fingerprint density at radius 2 is 2.06 bits per heavy atom. The van der Waals surface area contributed by atoms with Crippen LogP contribution < -0.4 is 10.6 Å². The number of hydrogen-bond acceptors (Lipinski definition) is 2. The van der Waals surface area contributed by atoms with Crippen LogP contribution in [0.5, 0.6) is 0 Å². The van der Waals surface area contributed by atoms with Crippen LogP contribution in [0.2, 0.25) is 0 Å². The number of amides is 2. The second-order valence-electron chi connectivity index (χ2n) is 5.49. The maximum Gasteiger partial charge on any atom is 0.329 e. The fraction of sp³-hybridized carbons (Fsp3) is 0.846. The summed E-state index contributed by atoms with van der Waals surface area (Å²) in [5.74, 6) is 0.158. The van der Waals surface area contributed by atoms with Gasteiger partial charge in [0.2, 0.25) is 0 Å². The number of hydrogen-bond donors (Lipinski definition) is 3. The molecule has 1 saturated carbocycles. The van der Waals surface area contributed by atoms with E-state index in [2.05, 4.69) is 17.6 Å². The number of aliphatic carboxylic acids is 1. The molecule has 3 N–H and O–H groups in total. The molecule has 2 amide bonds. The second-order valence-corrected chi connectivity index (χ2v) is 5.49. The molecule has 5 heteroatoms. The second kappa shape index (κ2) is 6.07. The van der Waals surface area contributed by atoms with E-state index in [9.17, 15) is 9.59 Å². The summed E-state index contributed by atoms with van der Waals surface area (Å²) in [5, 5.41) is 14.4. The van der Waals surface area contributed by atoms with E-state index in [-0.39, 0.29) is 6.03 Å². The van der Waals surface area contributed by atoms with Gasteiger partial charge in [0.1, 0.15) is 5.54 Å². The van der Waals surface area contributed by atoms with Crippen molar-refractivity contribution in [1.82, 2.24) is 10.6 Å². The highest BCUT2D eigenvalue weighted by atomic mass is 16.4. The van der Waals surface area contributed by atoms with Gasteiger partial charge in [-0.15, -0.1) is 0 Å². The third-order valence-electron chi connectivity index (χ3n) is 4.13. The summed E-state index contributed by atoms with van der Waals surface area (Å²) >= 11 is 0. The van der Waals surface area contributed by atoms with Crippen molar-refractivity contribution in [3.8, 4) is 0 Å². The first-order valence-corrected chi connectivity index (χ1v) is 6.68. The van der Waals surface area contributed by atoms with Gasteiger partial charge >= 0.3 is 12.0 Å². The van der Waals surface area contributed by atoms with Gasteiger partial charge < -0.3 is 15.7 Å². The van der Waals surface area contributed by atoms with Gasteiger partial charge in [0.05, 0.1) is 0 Å². The highest BCUT2D eigenvalue weighted by Crippen LogP contribution is 2.30. The molecule has 3 atom stereocenters. The van der Waals surface area contributed by atoms with Gasteiger partial charge in [-0.2, -0.15) is 0 Å². The highest BCUT2D eigenvalue weighted by molar-refractivity contribution is 5.85. The van der Waals surface area contributed by atoms with Gasteiger partial charge in [-0.1, -0.05) is 26.7 Å². The van der Waals surface area contributed by atoms with Crippen molar-refractivity contribution in [2.24, 2.45) is 11.8 Å². The SMILES string of the molecule is CCC(C)(NC(=O)NCC1CCCC1C)C(=O)O. The average Bonchev–Trinajstić information content (AvgIpc) is 2.72. The van der Waals surface area contributed by atoms with Crippen molar-refractivity contribution in [2.75, 3.05) is 6.54 Å². The topological polar surface area (TPSA) is 78.4 Å². The molecule has 104 valence electrons. The molecule has 1 aliphatic rings. The molecule has 0 aliphatic heterocycles. The maximum atomic E-state index is 11.7. The molecule has 1 aliphatic carbocycles. The van der Waals surface area contributed by atoms with Crippen molar-refractivity contribution < 1.29 is 14.7 Å². The molecule has 0 spiro atoms. The molecule has 0 aromatic carbocycles. The van der Waals surface area contributed by atoms with E-state index in [4.69, 9.17) is 5.11 Å². The van der Waals surface area contributed by atoms with E-state index in [1.807, 2.05) is 0 Å². The number of rotatable bonds is 5. The maximum absolute atomic E-state index is 11.7. The zero-order chi connectivity index (χ0) is 13.8. The zero-order valence-corrected chi connectivity index (χ0v) is 11.5. The van der Waals surface area contributed by atoms with E-state index < -0.39 is 11.5 Å². The Balaban J connectivity index is 2.39. The molecule has 1 rings (SSSR count). The first-order valence-electron chi connectivity index (χ1n) is 6.68. The summed E-state index contributed by atoms with van der Waals surface area (Å²) in [6, 6.07) is -0.388. The van der Waals surface area contributed by atoms with Gasteiger partial charge in [-0.3, -0.25) is 0 Å². The van der Waals surface area contributed by atoms with Gasteiger partial charge in [0, 0.05) is 6.54 Å². The number of urea groups is 1. The molecule has 18 heavy (non-hydrogen) atoms. The number of carbonyl (C=O) groups is 2. The predicted octanol–water partition coefficient (Wildman–Crippen LogP) is 1.98. The smallest absolute Gasteiger partial charge is 0.329 e. The lowest BCUT2D eigenvalue weighted by Gasteiger charge is -2.25. The number of carboxylic acid groups (broad SMARTS) is 1. The molecule has 0 aromatic rings. The van der Waals surface area contributed by atoms with Crippen LogP contribution in [-0.4, -0.2) is 29.2 Å². The van der Waals surface area contributed by atoms with E-state index in [0.717, 1.165) is 6.42 Å². The van der Waals surface area contributed by atoms with Gasteiger partial charge in [0.25, 0.3) is 0 Å². The van der Waals surface area contributed by atoms with Crippen LogP contribution in [-0.2, 0) is 4.79 Å². The van der Waals surface area contributed by atoms with E-state index >= 15 is 0 Å². The summed E-state index contributed by atoms with van der Waals surface area (Å²) in [7, 11) is 0. The molecular formula is C13H24N2O3. The lowest BCUT2D eigenvalue weighted by atomic mass is 9.98. The molecule has 5 nitrogen and oxygen atoms in total. The molecule has 0 heterocycles. The van der Waals surface area contributed by atoms with Crippen LogP contribution >= 0.6 is 0 Å². The summed E-state index contributed by atoms with van der Waals surface area (Å²) < 4.78 is 0. The molecule has 0 saturated heterocycles. The molecule has 1 fully saturated rings. The Morgan fingerprint density at radius 3 is 2.50 bits per heavy atom. The first-order chi connectivity index (χ1) is 8.39. The lowest BCUT2D eigenvalue weighted by molar-refractivity contribution is -0.143. The molecular weight excluding hydrogens is 232 g/mol. The zero-order valence-electron chi connectivity index (χ0n) is 11.5. The van der Waals surface area contributed by atoms with Crippen molar-refractivity contribution in [3.63, 3.8) is 0 Å². The number of carboxylic acids is 1. The quantitative estimate of drug-likeness (QED) is 0.703. The fourth-order valence-corrected chi connectivity index (χ4v) is 2.34. The number of carbonyl (C=O) groups excluding carboxylic acids is 1. The summed E-state index contributed by atoms with van der Waals surface area (Å²) in [5.41, 5.74) is -1.19. The third-order valence-corrected chi connectivity index (χ3v) is 4.13. The van der Waals surface area contributed by atoms with Crippen LogP contribution in [0.15, 0.2) is 0 Å². The minimum atomic E-state index is -1.19. The Kier molecular flexibility index (Phi) is 4.99. The van der Waals surface area contributed by atoms with Gasteiger partial charge in [-0.05, 0) is 31.6 Å². The summed E-state index contributed by atoms with van der Waals surface area (Å²) in [4.78, 5) is 22.8. The first kappa shape index (κ1) is 14.8. The molecule has 0 radical (unpaired) electrons. The Labute approximate surface area is 108 Å². The standard InChI is InChI=1S/C13H24N2O3/c1-4-13(3,11(16)17)15-12(18)14-8-10-7-5-6-9(10)2/h9-10H,4-8H2,1-3H3,(H,16,17)(H2,14,15,18). The molecule has 0 bridgehead atoms. The van der Waals surface area contributed by atoms with Crippen LogP contribution in [0.1, 0.15) is 46.5 Å². The van der Waals surface area contributed by atoms with Gasteiger partial charge in [-0.25, -0.2) is 9.59 Å². The van der Waals surface area contributed by atoms with E-state index in [1.165, 1.54) is 19.8 Å². The molecule has 0 aromatic heterocycles. The van der Waals surface area contributed by atoms with E-state index in [1.54, 1.807) is 6.92 Å². The summed E-state index contributed by atoms with van der Waals surface area (Å²) in [6.45, 7) is 6.09. The van der Waals surface area contributed by atoms with Crippen LogP contribution in [0, 0.1) is 11.8 Å². The average molecular weight is 256 g/mol. The van der Waals surface area contributed by atoms with E-state index in [0.29, 0.717) is 24.8 Å². The van der Waals surface area contributed by atoms with Crippen LogP contribution in [0.25, 0.3) is 0 Å². The van der Waals surface area contributed by atoms with Crippen molar-refractivity contribution >= 4 is 12.0 Å². The Hall–Kier alpha value is -1.26. The van der Waals surface area contributed by atoms with Gasteiger partial charge in [0.15, 0.2) is 0 Å². The number of nitrogens with one attached hydrogen (secondary N) is 2. The lowest BCUT2D eigenvalue weighted by Crippen LogP contribution is -2.55. The fourth-order valence-electron chi connectivity index (χ4n) is 2.34. The van der Waals surface area contributed by atoms with Crippen molar-refractivity contribution in [1.29, 1.82) is 0 Å². The minimum absolute atomic E-state index is 0.357. The Morgan fingerprint density at radius 1 is 1.39 bits per heavy atom. The predicted molar refractivity (Wildman–Crippen MR) is 69.4 cm³/mol. The highest BCUT2D eigenvalue weighted by Gasteiger charge is 2.33. The van der Waals surface area contributed by atoms with Crippen molar-refractivity contribution in [3.05, 3.63) is 0 Å². The van der Waals surface area contributed by atoms with Crippen LogP contribution in [0.4, 0.5) is 4.79 Å². The largest absolute Gasteiger partial charge is 0.480 e. The third kappa shape index (κ3) is 3.62. The normalized spacial score (nSPS) is 26.4. The minimum Gasteiger partial charge on any atom is -0.480 e. The Bertz CT molecular complexity index is 319. The molecule has 3 unspecified atom stereocenters. The van der Waals surface area contributed by atoms with Crippen molar-refractivity contribution in [2.45, 2.75) is 52.0 Å². The monoisotopic (exact) mass is 256 g/mol.